The number of thioether (sulfide) groups is 1. The van der Waals surface area contributed by atoms with Gasteiger partial charge in [0.15, 0.2) is 17.1 Å². The molecule has 2 heterocycles. The normalized spacial score (nSPS) is 30.1. The predicted molar refractivity (Wildman–Crippen MR) is 99.7 cm³/mol. The molecule has 1 amide bonds. The summed E-state index contributed by atoms with van der Waals surface area (Å²) in [5.41, 5.74) is 10.8. The molecule has 1 aromatic rings. The molecule has 1 aliphatic carbocycles. The van der Waals surface area contributed by atoms with Crippen LogP contribution in [0.4, 0.5) is 0 Å². The third-order valence-corrected chi connectivity index (χ3v) is 7.94. The molecule has 4 rings (SSSR count). The van der Waals surface area contributed by atoms with E-state index < -0.39 is 16.4 Å². The minimum Gasteiger partial charge on any atom is -0.471 e. The van der Waals surface area contributed by atoms with Gasteiger partial charge in [0.25, 0.3) is 5.91 Å². The molecule has 4 N–H and O–H groups in total. The summed E-state index contributed by atoms with van der Waals surface area (Å²) in [6.07, 6.45) is 2.80. The summed E-state index contributed by atoms with van der Waals surface area (Å²) < 4.78 is 12.6. The fourth-order valence-electron chi connectivity index (χ4n) is 3.77. The molecule has 1 fully saturated rings. The van der Waals surface area contributed by atoms with Crippen LogP contribution in [0.2, 0.25) is 20.1 Å². The minimum absolute atomic E-state index is 0.0543. The van der Waals surface area contributed by atoms with Crippen LogP contribution in [0.1, 0.15) is 25.7 Å². The van der Waals surface area contributed by atoms with Crippen molar-refractivity contribution in [2.75, 3.05) is 0 Å². The monoisotopic (exact) mass is 440 g/mol. The number of ether oxygens (including phenoxy) is 2. The quantitative estimate of drug-likeness (QED) is 0.495. The van der Waals surface area contributed by atoms with E-state index in [1.165, 1.54) is 11.8 Å². The van der Waals surface area contributed by atoms with Crippen LogP contribution in [-0.4, -0.2) is 16.4 Å². The summed E-state index contributed by atoms with van der Waals surface area (Å²) in [5.74, 6) is -0.305. The van der Waals surface area contributed by atoms with Gasteiger partial charge in [-0.1, -0.05) is 58.2 Å². The van der Waals surface area contributed by atoms with Crippen LogP contribution >= 0.6 is 58.2 Å². The van der Waals surface area contributed by atoms with E-state index in [0.717, 1.165) is 12.8 Å². The number of hydrogen-bond donors (Lipinski definition) is 2. The molecule has 0 saturated heterocycles. The van der Waals surface area contributed by atoms with Crippen molar-refractivity contribution in [3.8, 4) is 11.5 Å². The molecule has 5 nitrogen and oxygen atoms in total. The van der Waals surface area contributed by atoms with Crippen LogP contribution in [0.25, 0.3) is 0 Å². The number of fused-ring (bicyclic) bond motifs is 1. The smallest absolute Gasteiger partial charge is 0.251 e. The van der Waals surface area contributed by atoms with Crippen LogP contribution in [0.3, 0.4) is 0 Å². The third-order valence-electron chi connectivity index (χ3n) is 4.80. The van der Waals surface area contributed by atoms with Gasteiger partial charge in [-0.3, -0.25) is 4.79 Å². The maximum Gasteiger partial charge on any atom is 0.251 e. The zero-order valence-electron chi connectivity index (χ0n) is 12.6. The Morgan fingerprint density at radius 2 is 1.52 bits per heavy atom. The van der Waals surface area contributed by atoms with Gasteiger partial charge in [0.05, 0.1) is 20.6 Å². The lowest BCUT2D eigenvalue weighted by atomic mass is 9.75. The molecule has 3 aliphatic rings. The van der Waals surface area contributed by atoms with Gasteiger partial charge in [-0.25, -0.2) is 0 Å². The first kappa shape index (κ1) is 17.7. The molecule has 2 atom stereocenters. The van der Waals surface area contributed by atoms with Crippen molar-refractivity contribution in [2.24, 2.45) is 11.5 Å². The molecule has 1 aromatic carbocycles. The third kappa shape index (κ3) is 2.15. The summed E-state index contributed by atoms with van der Waals surface area (Å²) in [5, 5.41) is 0.588. The van der Waals surface area contributed by atoms with Gasteiger partial charge in [-0.2, -0.15) is 0 Å². The number of amides is 1. The number of hydrogen-bond acceptors (Lipinski definition) is 5. The first-order valence-corrected chi connectivity index (χ1v) is 9.80. The second kappa shape index (κ2) is 5.67. The van der Waals surface area contributed by atoms with Crippen molar-refractivity contribution in [3.05, 3.63) is 30.7 Å². The number of halogens is 4. The van der Waals surface area contributed by atoms with Crippen molar-refractivity contribution >= 4 is 64.1 Å². The molecule has 134 valence electrons. The molecule has 25 heavy (non-hydrogen) atoms. The standard InChI is InChI=1S/C15H12Cl4N2O3S/c16-6-7(17)9(19)11-10(8(6)18)23-14-3-1-2-4-15(14,24-11)25-13(21)5(14)12(20)22/h1-4,21H2,(H2,20,22)/t14-,15-/m0/s1. The first-order valence-electron chi connectivity index (χ1n) is 7.47. The van der Waals surface area contributed by atoms with E-state index >= 15 is 0 Å². The summed E-state index contributed by atoms with van der Waals surface area (Å²) >= 11 is 26.1. The number of nitrogens with two attached hydrogens (primary N) is 2. The number of rotatable bonds is 1. The van der Waals surface area contributed by atoms with E-state index in [4.69, 9.17) is 67.3 Å². The molecule has 0 bridgehead atoms. The molecular formula is C15H12Cl4N2O3S. The van der Waals surface area contributed by atoms with Gasteiger partial charge in [0.1, 0.15) is 10.0 Å². The summed E-state index contributed by atoms with van der Waals surface area (Å²) in [6.45, 7) is 0. The highest BCUT2D eigenvalue weighted by Crippen LogP contribution is 2.66. The van der Waals surface area contributed by atoms with Gasteiger partial charge in [-0.05, 0) is 19.3 Å². The molecule has 0 radical (unpaired) electrons. The Kier molecular flexibility index (Phi) is 4.02. The van der Waals surface area contributed by atoms with Crippen LogP contribution in [0.15, 0.2) is 10.6 Å². The van der Waals surface area contributed by atoms with E-state index in [0.29, 0.717) is 12.8 Å². The number of carbonyl (C=O) groups excluding carboxylic acids is 1. The second-order valence-electron chi connectivity index (χ2n) is 6.11. The van der Waals surface area contributed by atoms with Crippen LogP contribution in [0.5, 0.6) is 11.5 Å². The van der Waals surface area contributed by atoms with Gasteiger partial charge in [0, 0.05) is 6.42 Å². The lowest BCUT2D eigenvalue weighted by molar-refractivity contribution is -0.123. The topological polar surface area (TPSA) is 87.6 Å². The fraction of sp³-hybridized carbons (Fsp3) is 0.400. The highest BCUT2D eigenvalue weighted by molar-refractivity contribution is 8.04. The maximum absolute atomic E-state index is 12.1. The molecule has 0 unspecified atom stereocenters. The van der Waals surface area contributed by atoms with Crippen molar-refractivity contribution in [1.29, 1.82) is 0 Å². The Morgan fingerprint density at radius 1 is 0.960 bits per heavy atom. The second-order valence-corrected chi connectivity index (χ2v) is 8.93. The Morgan fingerprint density at radius 3 is 2.12 bits per heavy atom. The van der Waals surface area contributed by atoms with Crippen molar-refractivity contribution in [2.45, 2.75) is 36.2 Å². The van der Waals surface area contributed by atoms with Crippen molar-refractivity contribution in [1.82, 2.24) is 0 Å². The zero-order chi connectivity index (χ0) is 18.1. The Bertz CT molecular complexity index is 862. The van der Waals surface area contributed by atoms with E-state index in [1.807, 2.05) is 0 Å². The number of primary amides is 1. The average Bonchev–Trinajstić information content (AvgIpc) is 2.84. The number of benzene rings is 1. The zero-order valence-corrected chi connectivity index (χ0v) is 16.5. The summed E-state index contributed by atoms with van der Waals surface area (Å²) in [6, 6.07) is 0. The van der Waals surface area contributed by atoms with Gasteiger partial charge in [0.2, 0.25) is 4.93 Å². The van der Waals surface area contributed by atoms with Gasteiger partial charge < -0.3 is 20.9 Å². The molecule has 0 aromatic heterocycles. The largest absolute Gasteiger partial charge is 0.471 e. The molecule has 2 aliphatic heterocycles. The summed E-state index contributed by atoms with van der Waals surface area (Å²) in [4.78, 5) is 11.2. The molecule has 0 spiro atoms. The van der Waals surface area contributed by atoms with Crippen LogP contribution < -0.4 is 20.9 Å². The van der Waals surface area contributed by atoms with Crippen molar-refractivity contribution < 1.29 is 14.3 Å². The van der Waals surface area contributed by atoms with Crippen molar-refractivity contribution in [3.63, 3.8) is 0 Å². The van der Waals surface area contributed by atoms with E-state index in [1.54, 1.807) is 0 Å². The SMILES string of the molecule is NC(=O)C1=C(N)S[C@@]23CCCC[C@]12Oc1c(Cl)c(Cl)c(Cl)c(Cl)c1O3. The maximum atomic E-state index is 12.1. The van der Waals surface area contributed by atoms with E-state index in [-0.39, 0.29) is 42.2 Å². The summed E-state index contributed by atoms with van der Waals surface area (Å²) in [7, 11) is 0. The fourth-order valence-corrected chi connectivity index (χ4v) is 6.17. The molecular weight excluding hydrogens is 430 g/mol. The van der Waals surface area contributed by atoms with Gasteiger partial charge in [-0.15, -0.1) is 0 Å². The highest BCUT2D eigenvalue weighted by atomic mass is 35.5. The first-order chi connectivity index (χ1) is 11.7. The highest BCUT2D eigenvalue weighted by Gasteiger charge is 2.69. The Labute approximate surface area is 167 Å². The predicted octanol–water partition coefficient (Wildman–Crippen LogP) is 4.48. The van der Waals surface area contributed by atoms with Crippen LogP contribution in [-0.2, 0) is 4.79 Å². The van der Waals surface area contributed by atoms with E-state index in [9.17, 15) is 4.79 Å². The van der Waals surface area contributed by atoms with Gasteiger partial charge >= 0.3 is 0 Å². The minimum atomic E-state index is -1.14. The lowest BCUT2D eigenvalue weighted by Gasteiger charge is -2.51. The average molecular weight is 442 g/mol. The Balaban J connectivity index is 1.99. The molecule has 1 saturated carbocycles. The lowest BCUT2D eigenvalue weighted by Crippen LogP contribution is -2.63. The molecule has 10 heteroatoms. The van der Waals surface area contributed by atoms with E-state index in [2.05, 4.69) is 0 Å². The Hall–Kier alpha value is -0.660. The van der Waals surface area contributed by atoms with Crippen LogP contribution in [0, 0.1) is 0 Å². The number of carbonyl (C=O) groups is 1.